The van der Waals surface area contributed by atoms with Gasteiger partial charge >= 0.3 is 6.09 Å². The SMILES string of the molecule is CC(C)(C)OC(=O)N1CC2CCC(O)C3CCCCCCCC3C2C1. The molecule has 2 saturated carbocycles. The van der Waals surface area contributed by atoms with Crippen LogP contribution in [0.5, 0.6) is 0 Å². The monoisotopic (exact) mass is 351 g/mol. The topological polar surface area (TPSA) is 49.8 Å². The summed E-state index contributed by atoms with van der Waals surface area (Å²) in [4.78, 5) is 14.5. The van der Waals surface area contributed by atoms with Crippen molar-refractivity contribution in [3.63, 3.8) is 0 Å². The maximum Gasteiger partial charge on any atom is 0.410 e. The first-order valence-corrected chi connectivity index (χ1v) is 10.5. The highest BCUT2D eigenvalue weighted by Gasteiger charge is 2.46. The average molecular weight is 352 g/mol. The molecule has 0 aromatic rings. The van der Waals surface area contributed by atoms with E-state index in [9.17, 15) is 9.90 Å². The molecule has 1 amide bonds. The molecule has 0 radical (unpaired) electrons. The van der Waals surface area contributed by atoms with Crippen LogP contribution in [0.4, 0.5) is 4.79 Å². The predicted octanol–water partition coefficient (Wildman–Crippen LogP) is 4.60. The third-order valence-corrected chi connectivity index (χ3v) is 6.65. The third kappa shape index (κ3) is 4.69. The van der Waals surface area contributed by atoms with Gasteiger partial charge in [0.1, 0.15) is 5.60 Å². The molecular formula is C21H37NO3. The molecule has 1 saturated heterocycles. The Labute approximate surface area is 153 Å². The van der Waals surface area contributed by atoms with Gasteiger partial charge in [-0.25, -0.2) is 4.79 Å². The molecule has 5 unspecified atom stereocenters. The molecule has 0 bridgehead atoms. The molecule has 4 nitrogen and oxygen atoms in total. The fourth-order valence-electron chi connectivity index (χ4n) is 5.49. The second-order valence-corrected chi connectivity index (χ2v) is 9.63. The molecule has 0 aromatic heterocycles. The number of carbonyl (C=O) groups excluding carboxylic acids is 1. The zero-order valence-corrected chi connectivity index (χ0v) is 16.4. The minimum atomic E-state index is -0.432. The summed E-state index contributed by atoms with van der Waals surface area (Å²) >= 11 is 0. The van der Waals surface area contributed by atoms with Crippen molar-refractivity contribution < 1.29 is 14.6 Å². The van der Waals surface area contributed by atoms with Crippen molar-refractivity contribution in [3.05, 3.63) is 0 Å². The average Bonchev–Trinajstić information content (AvgIpc) is 2.94. The number of ether oxygens (including phenoxy) is 1. The van der Waals surface area contributed by atoms with Gasteiger partial charge in [0.2, 0.25) is 0 Å². The molecule has 2 aliphatic carbocycles. The van der Waals surface area contributed by atoms with Crippen LogP contribution in [0.1, 0.15) is 78.6 Å². The zero-order valence-electron chi connectivity index (χ0n) is 16.4. The fourth-order valence-corrected chi connectivity index (χ4v) is 5.49. The number of carbonyl (C=O) groups is 1. The van der Waals surface area contributed by atoms with Crippen molar-refractivity contribution in [2.24, 2.45) is 23.7 Å². The molecule has 1 heterocycles. The Morgan fingerprint density at radius 1 is 0.880 bits per heavy atom. The minimum Gasteiger partial charge on any atom is -0.444 e. The molecule has 3 aliphatic rings. The summed E-state index contributed by atoms with van der Waals surface area (Å²) in [5, 5.41) is 10.8. The van der Waals surface area contributed by atoms with Crippen molar-refractivity contribution in [2.45, 2.75) is 90.3 Å². The van der Waals surface area contributed by atoms with Crippen LogP contribution in [0.2, 0.25) is 0 Å². The highest BCUT2D eigenvalue weighted by atomic mass is 16.6. The second kappa shape index (κ2) is 7.85. The summed E-state index contributed by atoms with van der Waals surface area (Å²) in [6, 6.07) is 0. The van der Waals surface area contributed by atoms with E-state index in [-0.39, 0.29) is 12.2 Å². The van der Waals surface area contributed by atoms with Crippen LogP contribution in [0.15, 0.2) is 0 Å². The lowest BCUT2D eigenvalue weighted by Crippen LogP contribution is -2.37. The molecule has 1 N–H and O–H groups in total. The van der Waals surface area contributed by atoms with Crippen LogP contribution in [0, 0.1) is 23.7 Å². The van der Waals surface area contributed by atoms with Gasteiger partial charge in [0.25, 0.3) is 0 Å². The Morgan fingerprint density at radius 3 is 2.20 bits per heavy atom. The second-order valence-electron chi connectivity index (χ2n) is 9.63. The summed E-state index contributed by atoms with van der Waals surface area (Å²) in [6.07, 6.45) is 10.6. The summed E-state index contributed by atoms with van der Waals surface area (Å²) in [7, 11) is 0. The Balaban J connectivity index is 1.73. The van der Waals surface area contributed by atoms with E-state index in [1.807, 2.05) is 25.7 Å². The molecular weight excluding hydrogens is 314 g/mol. The lowest BCUT2D eigenvalue weighted by Gasteiger charge is -2.33. The van der Waals surface area contributed by atoms with Gasteiger partial charge in [-0.3, -0.25) is 0 Å². The molecule has 3 fully saturated rings. The van der Waals surface area contributed by atoms with Gasteiger partial charge < -0.3 is 14.7 Å². The number of aliphatic hydroxyl groups excluding tert-OH is 1. The van der Waals surface area contributed by atoms with Crippen molar-refractivity contribution >= 4 is 6.09 Å². The summed E-state index contributed by atoms with van der Waals surface area (Å²) in [5.41, 5.74) is -0.432. The molecule has 1 aliphatic heterocycles. The van der Waals surface area contributed by atoms with Crippen molar-refractivity contribution in [1.29, 1.82) is 0 Å². The summed E-state index contributed by atoms with van der Waals surface area (Å²) in [5.74, 6) is 2.10. The number of rotatable bonds is 0. The standard InChI is InChI=1S/C21H37NO3/c1-21(2,3)25-20(24)22-13-15-11-12-19(23)17-10-8-6-4-5-7-9-16(17)18(15)14-22/h15-19,23H,4-14H2,1-3H3. The first-order valence-electron chi connectivity index (χ1n) is 10.5. The Kier molecular flexibility index (Phi) is 5.97. The van der Waals surface area contributed by atoms with Crippen molar-refractivity contribution in [1.82, 2.24) is 4.90 Å². The largest absolute Gasteiger partial charge is 0.444 e. The highest BCUT2D eigenvalue weighted by Crippen LogP contribution is 2.46. The first kappa shape index (κ1) is 19.0. The van der Waals surface area contributed by atoms with Crippen molar-refractivity contribution in [2.75, 3.05) is 13.1 Å². The molecule has 3 rings (SSSR count). The summed E-state index contributed by atoms with van der Waals surface area (Å²) in [6.45, 7) is 7.44. The van der Waals surface area contributed by atoms with Gasteiger partial charge in [-0.15, -0.1) is 0 Å². The number of likely N-dealkylation sites (tertiary alicyclic amines) is 1. The number of hydrogen-bond donors (Lipinski definition) is 1. The molecule has 25 heavy (non-hydrogen) atoms. The molecule has 5 atom stereocenters. The van der Waals surface area contributed by atoms with Crippen LogP contribution in [0.25, 0.3) is 0 Å². The fraction of sp³-hybridized carbons (Fsp3) is 0.952. The van der Waals surface area contributed by atoms with Crippen molar-refractivity contribution in [3.8, 4) is 0 Å². The van der Waals surface area contributed by atoms with Gasteiger partial charge in [0, 0.05) is 13.1 Å². The van der Waals surface area contributed by atoms with Gasteiger partial charge in [0.05, 0.1) is 6.10 Å². The van der Waals surface area contributed by atoms with E-state index >= 15 is 0 Å². The van der Waals surface area contributed by atoms with E-state index in [1.54, 1.807) is 0 Å². The maximum atomic E-state index is 12.5. The van der Waals surface area contributed by atoms with Gasteiger partial charge in [-0.1, -0.05) is 32.1 Å². The number of aliphatic hydroxyl groups is 1. The van der Waals surface area contributed by atoms with Gasteiger partial charge in [0.15, 0.2) is 0 Å². The van der Waals surface area contributed by atoms with E-state index in [4.69, 9.17) is 4.74 Å². The molecule has 144 valence electrons. The number of fused-ring (bicyclic) bond motifs is 3. The summed E-state index contributed by atoms with van der Waals surface area (Å²) < 4.78 is 5.62. The number of hydrogen-bond acceptors (Lipinski definition) is 3. The molecule has 4 heteroatoms. The molecule has 0 aromatic carbocycles. The van der Waals surface area contributed by atoms with Crippen LogP contribution in [-0.2, 0) is 4.74 Å². The molecule has 0 spiro atoms. The van der Waals surface area contributed by atoms with E-state index in [0.717, 1.165) is 25.9 Å². The highest BCUT2D eigenvalue weighted by molar-refractivity contribution is 5.68. The lowest BCUT2D eigenvalue weighted by molar-refractivity contribution is 0.0240. The minimum absolute atomic E-state index is 0.135. The Bertz CT molecular complexity index is 459. The van der Waals surface area contributed by atoms with Crippen LogP contribution in [0.3, 0.4) is 0 Å². The Hall–Kier alpha value is -0.770. The van der Waals surface area contributed by atoms with E-state index in [1.165, 1.54) is 44.9 Å². The first-order chi connectivity index (χ1) is 11.8. The number of nitrogens with zero attached hydrogens (tertiary/aromatic N) is 1. The number of amides is 1. The van der Waals surface area contributed by atoms with Gasteiger partial charge in [-0.05, 0) is 70.1 Å². The van der Waals surface area contributed by atoms with Gasteiger partial charge in [-0.2, -0.15) is 0 Å². The third-order valence-electron chi connectivity index (χ3n) is 6.65. The van der Waals surface area contributed by atoms with Crippen LogP contribution < -0.4 is 0 Å². The zero-order chi connectivity index (χ0) is 18.0. The van der Waals surface area contributed by atoms with E-state index in [2.05, 4.69) is 0 Å². The van der Waals surface area contributed by atoms with Crippen LogP contribution >= 0.6 is 0 Å². The quantitative estimate of drug-likeness (QED) is 0.694. The van der Waals surface area contributed by atoms with Crippen LogP contribution in [-0.4, -0.2) is 40.9 Å². The predicted molar refractivity (Wildman–Crippen MR) is 99.3 cm³/mol. The van der Waals surface area contributed by atoms with E-state index < -0.39 is 5.60 Å². The maximum absolute atomic E-state index is 12.5. The lowest BCUT2D eigenvalue weighted by atomic mass is 9.73. The Morgan fingerprint density at radius 2 is 1.52 bits per heavy atom. The smallest absolute Gasteiger partial charge is 0.410 e. The normalized spacial score (nSPS) is 37.1. The van der Waals surface area contributed by atoms with E-state index in [0.29, 0.717) is 23.7 Å².